The molecule has 0 heterocycles. The molecule has 0 fully saturated rings. The summed E-state index contributed by atoms with van der Waals surface area (Å²) < 4.78 is 0. The number of thioether (sulfide) groups is 4. The Balaban J connectivity index is 2.94. The first-order valence-corrected chi connectivity index (χ1v) is 15.8. The van der Waals surface area contributed by atoms with Crippen molar-refractivity contribution < 1.29 is 0 Å². The van der Waals surface area contributed by atoms with E-state index in [0.29, 0.717) is 0 Å². The fourth-order valence-electron chi connectivity index (χ4n) is 2.12. The fraction of sp³-hybridized carbons (Fsp3) is 1.00. The summed E-state index contributed by atoms with van der Waals surface area (Å²) in [6.45, 7) is 0. The molecule has 6 heteroatoms. The van der Waals surface area contributed by atoms with Crippen LogP contribution in [-0.4, -0.2) is 57.5 Å². The van der Waals surface area contributed by atoms with Crippen molar-refractivity contribution in [2.75, 3.05) is 57.5 Å². The highest BCUT2D eigenvalue weighted by Crippen LogP contribution is 2.14. The summed E-state index contributed by atoms with van der Waals surface area (Å²) in [5, 5.41) is 0. The van der Waals surface area contributed by atoms with Gasteiger partial charge in [0.15, 0.2) is 0 Å². The van der Waals surface area contributed by atoms with Crippen molar-refractivity contribution in [1.82, 2.24) is 0 Å². The minimum Gasteiger partial charge on any atom is -0.179 e. The van der Waals surface area contributed by atoms with Gasteiger partial charge in [-0.2, -0.15) is 72.3 Å². The molecule has 0 spiro atoms. The fourth-order valence-corrected chi connectivity index (χ4v) is 6.73. The molecule has 0 saturated heterocycles. The minimum atomic E-state index is 1.04. The molecule has 0 saturated carbocycles. The van der Waals surface area contributed by atoms with E-state index in [1.165, 1.54) is 104 Å². The highest BCUT2D eigenvalue weighted by Gasteiger charge is 1.95. The lowest BCUT2D eigenvalue weighted by Gasteiger charge is -2.04. The van der Waals surface area contributed by atoms with E-state index in [9.17, 15) is 0 Å². The summed E-state index contributed by atoms with van der Waals surface area (Å²) in [6, 6.07) is 0. The standard InChI is InChI=1S/C19H40S6/c20-10-1-2-12-22-13-3-4-14-23-15-5-6-16-24-17-7-8-18-25-19-9-11-21/h20-21H,1-19H2. The van der Waals surface area contributed by atoms with E-state index >= 15 is 0 Å². The van der Waals surface area contributed by atoms with Gasteiger partial charge in [-0.25, -0.2) is 0 Å². The minimum absolute atomic E-state index is 1.04. The molecular weight excluding hydrogens is 421 g/mol. The van der Waals surface area contributed by atoms with Crippen LogP contribution in [0.4, 0.5) is 0 Å². The van der Waals surface area contributed by atoms with Crippen LogP contribution in [0, 0.1) is 0 Å². The second-order valence-electron chi connectivity index (χ2n) is 6.08. The largest absolute Gasteiger partial charge is 0.179 e. The molecule has 0 aromatic carbocycles. The zero-order valence-corrected chi connectivity index (χ0v) is 21.0. The third kappa shape index (κ3) is 26.1. The highest BCUT2D eigenvalue weighted by atomic mass is 32.2. The molecule has 0 atom stereocenters. The molecule has 0 aromatic heterocycles. The van der Waals surface area contributed by atoms with Gasteiger partial charge in [-0.15, -0.1) is 0 Å². The van der Waals surface area contributed by atoms with E-state index < -0.39 is 0 Å². The van der Waals surface area contributed by atoms with Crippen molar-refractivity contribution in [3.8, 4) is 0 Å². The summed E-state index contributed by atoms with van der Waals surface area (Å²) in [7, 11) is 0. The molecule has 0 aliphatic carbocycles. The summed E-state index contributed by atoms with van der Waals surface area (Å²) in [5.41, 5.74) is 0. The van der Waals surface area contributed by atoms with Gasteiger partial charge in [-0.1, -0.05) is 0 Å². The van der Waals surface area contributed by atoms with Crippen LogP contribution in [0.3, 0.4) is 0 Å². The van der Waals surface area contributed by atoms with Crippen LogP contribution in [-0.2, 0) is 0 Å². The van der Waals surface area contributed by atoms with Gasteiger partial charge in [0.2, 0.25) is 0 Å². The molecule has 0 aliphatic heterocycles. The van der Waals surface area contributed by atoms with Crippen molar-refractivity contribution in [1.29, 1.82) is 0 Å². The van der Waals surface area contributed by atoms with Gasteiger partial charge < -0.3 is 0 Å². The molecule has 0 N–H and O–H groups in total. The second-order valence-corrected chi connectivity index (χ2v) is 11.9. The molecule has 0 radical (unpaired) electrons. The molecule has 0 amide bonds. The van der Waals surface area contributed by atoms with Crippen LogP contribution in [0.1, 0.15) is 57.8 Å². The molecule has 0 bridgehead atoms. The Labute approximate surface area is 186 Å². The lowest BCUT2D eigenvalue weighted by molar-refractivity contribution is 0.879. The number of hydrogen-bond acceptors (Lipinski definition) is 6. The first-order chi connectivity index (χ1) is 12.4. The summed E-state index contributed by atoms with van der Waals surface area (Å²) in [5.74, 6) is 12.9. The van der Waals surface area contributed by atoms with Gasteiger partial charge in [0.1, 0.15) is 0 Å². The molecule has 0 rings (SSSR count). The van der Waals surface area contributed by atoms with Crippen molar-refractivity contribution in [3.63, 3.8) is 0 Å². The normalized spacial score (nSPS) is 11.3. The Morgan fingerprint density at radius 2 is 0.560 bits per heavy atom. The molecule has 25 heavy (non-hydrogen) atoms. The first-order valence-electron chi connectivity index (χ1n) is 9.94. The Kier molecular flexibility index (Phi) is 28.3. The van der Waals surface area contributed by atoms with Gasteiger partial charge >= 0.3 is 0 Å². The zero-order chi connectivity index (χ0) is 18.3. The van der Waals surface area contributed by atoms with Crippen molar-refractivity contribution in [3.05, 3.63) is 0 Å². The van der Waals surface area contributed by atoms with Crippen LogP contribution in [0.2, 0.25) is 0 Å². The smallest absolute Gasteiger partial charge is 0.00598 e. The lowest BCUT2D eigenvalue weighted by Crippen LogP contribution is -1.91. The van der Waals surface area contributed by atoms with E-state index in [1.807, 2.05) is 0 Å². The third-order valence-electron chi connectivity index (χ3n) is 3.63. The predicted molar refractivity (Wildman–Crippen MR) is 139 cm³/mol. The molecule has 0 aromatic rings. The average Bonchev–Trinajstić information content (AvgIpc) is 2.63. The van der Waals surface area contributed by atoms with E-state index in [-0.39, 0.29) is 0 Å². The highest BCUT2D eigenvalue weighted by molar-refractivity contribution is 8.00. The van der Waals surface area contributed by atoms with Crippen LogP contribution < -0.4 is 0 Å². The van der Waals surface area contributed by atoms with Crippen LogP contribution in [0.5, 0.6) is 0 Å². The predicted octanol–water partition coefficient (Wildman–Crippen LogP) is 7.29. The maximum absolute atomic E-state index is 4.25. The van der Waals surface area contributed by atoms with Gasteiger partial charge in [0.05, 0.1) is 0 Å². The van der Waals surface area contributed by atoms with Crippen LogP contribution >= 0.6 is 72.3 Å². The number of rotatable bonds is 22. The lowest BCUT2D eigenvalue weighted by atomic mass is 10.4. The summed E-state index contributed by atoms with van der Waals surface area (Å²) in [4.78, 5) is 0. The van der Waals surface area contributed by atoms with Crippen molar-refractivity contribution >= 4 is 72.3 Å². The molecule has 152 valence electrons. The average molecular weight is 461 g/mol. The molecule has 0 aliphatic rings. The maximum Gasteiger partial charge on any atom is -0.00598 e. The molecular formula is C19H40S6. The Hall–Kier alpha value is 2.10. The van der Waals surface area contributed by atoms with E-state index in [1.54, 1.807) is 0 Å². The van der Waals surface area contributed by atoms with Crippen molar-refractivity contribution in [2.24, 2.45) is 0 Å². The van der Waals surface area contributed by atoms with E-state index in [4.69, 9.17) is 0 Å². The maximum atomic E-state index is 4.25. The second kappa shape index (κ2) is 26.1. The number of hydrogen-bond donors (Lipinski definition) is 2. The number of thiol groups is 2. The van der Waals surface area contributed by atoms with E-state index in [0.717, 1.165) is 11.5 Å². The van der Waals surface area contributed by atoms with Gasteiger partial charge in [-0.3, -0.25) is 0 Å². The monoisotopic (exact) mass is 460 g/mol. The topological polar surface area (TPSA) is 0 Å². The van der Waals surface area contributed by atoms with Crippen LogP contribution in [0.25, 0.3) is 0 Å². The van der Waals surface area contributed by atoms with Gasteiger partial charge in [0.25, 0.3) is 0 Å². The molecule has 0 unspecified atom stereocenters. The third-order valence-corrected chi connectivity index (χ3v) is 8.88. The van der Waals surface area contributed by atoms with E-state index in [2.05, 4.69) is 72.3 Å². The molecule has 0 nitrogen and oxygen atoms in total. The van der Waals surface area contributed by atoms with Gasteiger partial charge in [0, 0.05) is 0 Å². The SMILES string of the molecule is SCCCCSCCCCSCCCCSCCCCSCCCS. The number of unbranched alkanes of at least 4 members (excludes halogenated alkanes) is 4. The van der Waals surface area contributed by atoms with Crippen molar-refractivity contribution in [2.45, 2.75) is 57.8 Å². The summed E-state index contributed by atoms with van der Waals surface area (Å²) >= 11 is 17.1. The first kappa shape index (κ1) is 27.1. The zero-order valence-electron chi connectivity index (χ0n) is 16.0. The Morgan fingerprint density at radius 1 is 0.320 bits per heavy atom. The van der Waals surface area contributed by atoms with Crippen LogP contribution in [0.15, 0.2) is 0 Å². The Bertz CT molecular complexity index is 206. The Morgan fingerprint density at radius 3 is 0.840 bits per heavy atom. The van der Waals surface area contributed by atoms with Gasteiger partial charge in [-0.05, 0) is 115 Å². The quantitative estimate of drug-likeness (QED) is 0.128. The summed E-state index contributed by atoms with van der Waals surface area (Å²) in [6.07, 6.45) is 12.3.